The first kappa shape index (κ1) is 17.2. The van der Waals surface area contributed by atoms with Crippen LogP contribution in [0.1, 0.15) is 31.1 Å². The van der Waals surface area contributed by atoms with Crippen LogP contribution in [0.5, 0.6) is 0 Å². The molecule has 1 aromatic carbocycles. The molecule has 0 saturated heterocycles. The van der Waals surface area contributed by atoms with Crippen LogP contribution in [0.4, 0.5) is 10.5 Å². The lowest BCUT2D eigenvalue weighted by molar-refractivity contribution is 0.0634. The van der Waals surface area contributed by atoms with Gasteiger partial charge in [-0.3, -0.25) is 5.32 Å². The van der Waals surface area contributed by atoms with Crippen LogP contribution in [0.15, 0.2) is 18.2 Å². The maximum Gasteiger partial charge on any atom is 0.412 e. The van der Waals surface area contributed by atoms with Gasteiger partial charge in [0.2, 0.25) is 0 Å². The summed E-state index contributed by atoms with van der Waals surface area (Å²) in [5, 5.41) is 11.8. The Hall–Kier alpha value is -1.81. The van der Waals surface area contributed by atoms with Gasteiger partial charge in [-0.25, -0.2) is 9.59 Å². The molecule has 1 rings (SSSR count). The molecule has 116 valence electrons. The first-order valence-corrected chi connectivity index (χ1v) is 8.93. The Morgan fingerprint density at radius 2 is 1.81 bits per heavy atom. The molecule has 7 heteroatoms. The van der Waals surface area contributed by atoms with E-state index in [9.17, 15) is 14.2 Å². The first-order chi connectivity index (χ1) is 9.40. The number of nitrogens with one attached hydrogen (secondary N) is 1. The number of aromatic carboxylic acids is 1. The molecule has 0 unspecified atom stereocenters. The zero-order valence-corrected chi connectivity index (χ0v) is 13.7. The number of carboxylic acids is 1. The highest BCUT2D eigenvalue weighted by atomic mass is 31.2. The van der Waals surface area contributed by atoms with E-state index in [1.807, 2.05) is 0 Å². The number of hydrogen-bond acceptors (Lipinski definition) is 4. The fourth-order valence-electron chi connectivity index (χ4n) is 1.63. The molecule has 0 aliphatic heterocycles. The van der Waals surface area contributed by atoms with Crippen LogP contribution in [0.25, 0.3) is 0 Å². The van der Waals surface area contributed by atoms with Gasteiger partial charge in [0, 0.05) is 5.30 Å². The van der Waals surface area contributed by atoms with Crippen LogP contribution < -0.4 is 10.6 Å². The molecule has 0 heterocycles. The van der Waals surface area contributed by atoms with Gasteiger partial charge < -0.3 is 14.4 Å². The van der Waals surface area contributed by atoms with Gasteiger partial charge in [-0.2, -0.15) is 0 Å². The van der Waals surface area contributed by atoms with E-state index in [0.717, 1.165) is 0 Å². The summed E-state index contributed by atoms with van der Waals surface area (Å²) in [6, 6.07) is 4.08. The molecule has 0 bridgehead atoms. The van der Waals surface area contributed by atoms with Crippen molar-refractivity contribution in [3.8, 4) is 0 Å². The molecular weight excluding hydrogens is 293 g/mol. The van der Waals surface area contributed by atoms with Crippen molar-refractivity contribution in [1.29, 1.82) is 0 Å². The second-order valence-corrected chi connectivity index (χ2v) is 9.20. The average Bonchev–Trinajstić information content (AvgIpc) is 2.24. The number of amides is 1. The van der Waals surface area contributed by atoms with Crippen molar-refractivity contribution in [2.45, 2.75) is 26.4 Å². The quantitative estimate of drug-likeness (QED) is 0.837. The molecule has 1 aromatic rings. The van der Waals surface area contributed by atoms with E-state index < -0.39 is 24.8 Å². The number of carboxylic acid groups (broad SMARTS) is 1. The van der Waals surface area contributed by atoms with Crippen molar-refractivity contribution in [2.24, 2.45) is 0 Å². The molecule has 0 saturated carbocycles. The number of ether oxygens (including phenoxy) is 1. The van der Waals surface area contributed by atoms with Crippen molar-refractivity contribution in [3.63, 3.8) is 0 Å². The third-order valence-corrected chi connectivity index (χ3v) is 3.99. The van der Waals surface area contributed by atoms with Crippen LogP contribution >= 0.6 is 7.14 Å². The zero-order chi connectivity index (χ0) is 16.4. The Balaban J connectivity index is 3.16. The fraction of sp³-hybridized carbons (Fsp3) is 0.429. The van der Waals surface area contributed by atoms with E-state index >= 15 is 0 Å². The summed E-state index contributed by atoms with van der Waals surface area (Å²) in [6.45, 7) is 8.20. The number of carbonyl (C=O) groups is 2. The van der Waals surface area contributed by atoms with E-state index in [-0.39, 0.29) is 5.56 Å². The van der Waals surface area contributed by atoms with Crippen LogP contribution in [0.3, 0.4) is 0 Å². The van der Waals surface area contributed by atoms with E-state index in [1.54, 1.807) is 20.8 Å². The Bertz CT molecular complexity index is 612. The van der Waals surface area contributed by atoms with Gasteiger partial charge in [0.15, 0.2) is 0 Å². The summed E-state index contributed by atoms with van der Waals surface area (Å²) in [6.07, 6.45) is -0.680. The first-order valence-electron chi connectivity index (χ1n) is 6.33. The van der Waals surface area contributed by atoms with E-state index in [0.29, 0.717) is 11.0 Å². The number of anilines is 1. The molecule has 0 aliphatic carbocycles. The van der Waals surface area contributed by atoms with Gasteiger partial charge in [-0.05, 0) is 52.3 Å². The smallest absolute Gasteiger partial charge is 0.412 e. The minimum absolute atomic E-state index is 0.0173. The largest absolute Gasteiger partial charge is 0.478 e. The normalized spacial score (nSPS) is 11.9. The van der Waals surface area contributed by atoms with Gasteiger partial charge in [0.1, 0.15) is 12.7 Å². The summed E-state index contributed by atoms with van der Waals surface area (Å²) in [7, 11) is -2.76. The minimum Gasteiger partial charge on any atom is -0.478 e. The Morgan fingerprint density at radius 3 is 2.24 bits per heavy atom. The van der Waals surface area contributed by atoms with Crippen molar-refractivity contribution < 1.29 is 24.0 Å². The number of benzene rings is 1. The van der Waals surface area contributed by atoms with Crippen molar-refractivity contribution in [1.82, 2.24) is 0 Å². The lowest BCUT2D eigenvalue weighted by Crippen LogP contribution is -2.29. The second kappa shape index (κ2) is 5.90. The maximum atomic E-state index is 12.3. The second-order valence-electron chi connectivity index (χ2n) is 6.01. The average molecular weight is 313 g/mol. The summed E-state index contributed by atoms with van der Waals surface area (Å²) < 4.78 is 17.4. The molecule has 0 aromatic heterocycles. The summed E-state index contributed by atoms with van der Waals surface area (Å²) in [5.74, 6) is -1.12. The minimum atomic E-state index is -2.76. The lowest BCUT2D eigenvalue weighted by atomic mass is 10.2. The van der Waals surface area contributed by atoms with Gasteiger partial charge in [0.25, 0.3) is 0 Å². The van der Waals surface area contributed by atoms with Gasteiger partial charge in [-0.1, -0.05) is 0 Å². The highest BCUT2D eigenvalue weighted by molar-refractivity contribution is 7.70. The third-order valence-electron chi connectivity index (χ3n) is 2.46. The molecule has 0 fully saturated rings. The number of carbonyl (C=O) groups excluding carboxylic acids is 1. The van der Waals surface area contributed by atoms with Gasteiger partial charge in [-0.15, -0.1) is 0 Å². The topological polar surface area (TPSA) is 92.7 Å². The summed E-state index contributed by atoms with van der Waals surface area (Å²) in [4.78, 5) is 22.8. The van der Waals surface area contributed by atoms with E-state index in [1.165, 1.54) is 31.5 Å². The van der Waals surface area contributed by atoms with Gasteiger partial charge >= 0.3 is 12.1 Å². The summed E-state index contributed by atoms with van der Waals surface area (Å²) in [5.41, 5.74) is -0.348. The molecule has 0 radical (unpaired) electrons. The Labute approximate surface area is 123 Å². The maximum absolute atomic E-state index is 12.3. The summed E-state index contributed by atoms with van der Waals surface area (Å²) >= 11 is 0. The molecule has 2 N–H and O–H groups in total. The number of hydrogen-bond donors (Lipinski definition) is 2. The van der Waals surface area contributed by atoms with Gasteiger partial charge in [0.05, 0.1) is 11.3 Å². The standard InChI is InChI=1S/C14H20NO5P/c1-14(2,3)20-13(18)15-10-7-6-9(12(16)17)8-11(10)21(4,5)19/h6-8H,1-5H3,(H,15,18)(H,16,17). The van der Waals surface area contributed by atoms with Crippen molar-refractivity contribution in [3.05, 3.63) is 23.8 Å². The monoisotopic (exact) mass is 313 g/mol. The molecule has 0 atom stereocenters. The van der Waals surface area contributed by atoms with Crippen LogP contribution in [-0.2, 0) is 9.30 Å². The SMILES string of the molecule is CC(C)(C)OC(=O)Nc1ccc(C(=O)O)cc1P(C)(C)=O. The van der Waals surface area contributed by atoms with Crippen LogP contribution in [0.2, 0.25) is 0 Å². The predicted molar refractivity (Wildman–Crippen MR) is 82.3 cm³/mol. The Kier molecular flexibility index (Phi) is 4.84. The van der Waals surface area contributed by atoms with E-state index in [4.69, 9.17) is 9.84 Å². The molecule has 6 nitrogen and oxygen atoms in total. The molecule has 0 aliphatic rings. The molecule has 0 spiro atoms. The molecule has 21 heavy (non-hydrogen) atoms. The van der Waals surface area contributed by atoms with Crippen molar-refractivity contribution in [2.75, 3.05) is 18.6 Å². The third kappa shape index (κ3) is 5.23. The zero-order valence-electron chi connectivity index (χ0n) is 12.8. The van der Waals surface area contributed by atoms with Crippen molar-refractivity contribution >= 4 is 30.2 Å². The predicted octanol–water partition coefficient (Wildman–Crippen LogP) is 2.98. The number of rotatable bonds is 3. The highest BCUT2D eigenvalue weighted by Crippen LogP contribution is 2.38. The molecule has 1 amide bonds. The Morgan fingerprint density at radius 1 is 1.24 bits per heavy atom. The van der Waals surface area contributed by atoms with Crippen LogP contribution in [-0.4, -0.2) is 36.1 Å². The lowest BCUT2D eigenvalue weighted by Gasteiger charge is -2.21. The highest BCUT2D eigenvalue weighted by Gasteiger charge is 2.22. The fourth-order valence-corrected chi connectivity index (χ4v) is 2.79. The molecular formula is C14H20NO5P. The van der Waals surface area contributed by atoms with E-state index in [2.05, 4.69) is 5.32 Å². The van der Waals surface area contributed by atoms with Crippen LogP contribution in [0, 0.1) is 0 Å².